The van der Waals surface area contributed by atoms with Gasteiger partial charge in [-0.05, 0) is 18.4 Å². The maximum absolute atomic E-state index is 10.6. The summed E-state index contributed by atoms with van der Waals surface area (Å²) in [7, 11) is 0. The number of nitrogens with zero attached hydrogens (tertiary/aromatic N) is 4. The Kier molecular flexibility index (Phi) is 3.76. The average Bonchev–Trinajstić information content (AvgIpc) is 3.15. The lowest BCUT2D eigenvalue weighted by molar-refractivity contribution is 0.0689. The first kappa shape index (κ1) is 14.6. The molecule has 3 heterocycles. The van der Waals surface area contributed by atoms with E-state index < -0.39 is 0 Å². The van der Waals surface area contributed by atoms with Crippen LogP contribution in [0.15, 0.2) is 36.7 Å². The third kappa shape index (κ3) is 2.60. The molecule has 0 bridgehead atoms. The molecule has 1 aliphatic rings. The molecule has 6 nitrogen and oxygen atoms in total. The van der Waals surface area contributed by atoms with E-state index in [9.17, 15) is 10.2 Å². The maximum atomic E-state index is 10.6. The Labute approximate surface area is 137 Å². The van der Waals surface area contributed by atoms with E-state index >= 15 is 0 Å². The maximum Gasteiger partial charge on any atom is 0.230 e. The minimum Gasteiger partial charge on any atom is -0.492 e. The van der Waals surface area contributed by atoms with Gasteiger partial charge in [-0.15, -0.1) is 0 Å². The first-order valence-corrected chi connectivity index (χ1v) is 8.54. The number of likely N-dealkylation sites (tertiary alicyclic amines) is 1. The largest absolute Gasteiger partial charge is 0.492 e. The highest BCUT2D eigenvalue weighted by Gasteiger charge is 2.31. The molecule has 0 unspecified atom stereocenters. The zero-order chi connectivity index (χ0) is 15.8. The fourth-order valence-electron chi connectivity index (χ4n) is 3.18. The quantitative estimate of drug-likeness (QED) is 0.769. The Bertz CT molecular complexity index is 793. The van der Waals surface area contributed by atoms with Crippen LogP contribution in [0, 0.1) is 0 Å². The van der Waals surface area contributed by atoms with Crippen molar-refractivity contribution in [2.45, 2.75) is 25.0 Å². The second-order valence-corrected chi connectivity index (χ2v) is 6.83. The molecule has 23 heavy (non-hydrogen) atoms. The summed E-state index contributed by atoms with van der Waals surface area (Å²) in [4.78, 5) is 8.04. The van der Waals surface area contributed by atoms with Crippen LogP contribution in [0.3, 0.4) is 0 Å². The molecular weight excluding hydrogens is 312 g/mol. The zero-order valence-corrected chi connectivity index (χ0v) is 13.4. The van der Waals surface area contributed by atoms with Crippen LogP contribution >= 0.6 is 11.3 Å². The molecule has 2 N–H and O–H groups in total. The highest BCUT2D eigenvalue weighted by atomic mass is 32.1. The van der Waals surface area contributed by atoms with Crippen molar-refractivity contribution in [1.82, 2.24) is 19.5 Å². The van der Waals surface area contributed by atoms with E-state index in [-0.39, 0.29) is 18.0 Å². The fourth-order valence-corrected chi connectivity index (χ4v) is 4.27. The van der Waals surface area contributed by atoms with Gasteiger partial charge in [0.05, 0.1) is 17.0 Å². The number of benzene rings is 1. The molecule has 1 fully saturated rings. The smallest absolute Gasteiger partial charge is 0.230 e. The first-order valence-electron chi connectivity index (χ1n) is 7.72. The highest BCUT2D eigenvalue weighted by Crippen LogP contribution is 2.40. The SMILES string of the molecule is Oc1c([C@H](c2ccccc2)N2CCC(O)CC2)sc2ncnn12. The third-order valence-corrected chi connectivity index (χ3v) is 5.45. The van der Waals surface area contributed by atoms with Crippen molar-refractivity contribution in [3.8, 4) is 5.88 Å². The van der Waals surface area contributed by atoms with Crippen LogP contribution in [-0.4, -0.2) is 48.9 Å². The lowest BCUT2D eigenvalue weighted by atomic mass is 9.99. The van der Waals surface area contributed by atoms with Crippen molar-refractivity contribution < 1.29 is 10.2 Å². The van der Waals surface area contributed by atoms with Gasteiger partial charge in [-0.1, -0.05) is 41.7 Å². The summed E-state index contributed by atoms with van der Waals surface area (Å²) >= 11 is 1.46. The molecule has 1 aromatic carbocycles. The Morgan fingerprint density at radius 1 is 1.17 bits per heavy atom. The summed E-state index contributed by atoms with van der Waals surface area (Å²) in [5.41, 5.74) is 1.13. The van der Waals surface area contributed by atoms with Gasteiger partial charge in [0.15, 0.2) is 0 Å². The number of aromatic nitrogens is 3. The summed E-state index contributed by atoms with van der Waals surface area (Å²) in [5.74, 6) is 0.155. The number of aliphatic hydroxyl groups excluding tert-OH is 1. The van der Waals surface area contributed by atoms with E-state index in [1.54, 1.807) is 0 Å². The summed E-state index contributed by atoms with van der Waals surface area (Å²) in [6.07, 6.45) is 2.73. The first-order chi connectivity index (χ1) is 11.2. The predicted molar refractivity (Wildman–Crippen MR) is 87.6 cm³/mol. The summed E-state index contributed by atoms with van der Waals surface area (Å²) in [5, 5.41) is 24.5. The summed E-state index contributed by atoms with van der Waals surface area (Å²) in [6, 6.07) is 10.1. The molecule has 4 rings (SSSR count). The summed E-state index contributed by atoms with van der Waals surface area (Å²) in [6.45, 7) is 1.60. The molecular formula is C16H18N4O2S. The van der Waals surface area contributed by atoms with Gasteiger partial charge in [0.2, 0.25) is 10.8 Å². The van der Waals surface area contributed by atoms with Crippen LogP contribution in [0.1, 0.15) is 29.3 Å². The van der Waals surface area contributed by atoms with Gasteiger partial charge in [-0.2, -0.15) is 9.61 Å². The summed E-state index contributed by atoms with van der Waals surface area (Å²) < 4.78 is 1.48. The highest BCUT2D eigenvalue weighted by molar-refractivity contribution is 7.17. The number of hydrogen-bond donors (Lipinski definition) is 2. The molecule has 7 heteroatoms. The van der Waals surface area contributed by atoms with Crippen LogP contribution in [-0.2, 0) is 0 Å². The second-order valence-electron chi connectivity index (χ2n) is 5.82. The van der Waals surface area contributed by atoms with Gasteiger partial charge in [0, 0.05) is 13.1 Å². The van der Waals surface area contributed by atoms with Crippen LogP contribution in [0.5, 0.6) is 5.88 Å². The van der Waals surface area contributed by atoms with Crippen molar-refractivity contribution in [1.29, 1.82) is 0 Å². The number of piperidine rings is 1. The molecule has 0 spiro atoms. The normalized spacial score (nSPS) is 18.5. The van der Waals surface area contributed by atoms with Crippen molar-refractivity contribution in [2.75, 3.05) is 13.1 Å². The molecule has 0 aliphatic carbocycles. The predicted octanol–water partition coefficient (Wildman–Crippen LogP) is 2.04. The molecule has 1 aliphatic heterocycles. The van der Waals surface area contributed by atoms with E-state index in [4.69, 9.17) is 0 Å². The van der Waals surface area contributed by atoms with Gasteiger partial charge in [-0.25, -0.2) is 4.98 Å². The van der Waals surface area contributed by atoms with E-state index in [1.165, 1.54) is 22.2 Å². The Hall–Kier alpha value is -1.96. The van der Waals surface area contributed by atoms with Crippen LogP contribution in [0.4, 0.5) is 0 Å². The Morgan fingerprint density at radius 2 is 1.91 bits per heavy atom. The van der Waals surface area contributed by atoms with Crippen LogP contribution in [0.25, 0.3) is 4.96 Å². The van der Waals surface area contributed by atoms with Gasteiger partial charge >= 0.3 is 0 Å². The minimum absolute atomic E-state index is 0.0443. The number of rotatable bonds is 3. The molecule has 3 aromatic rings. The van der Waals surface area contributed by atoms with E-state index in [1.807, 2.05) is 18.2 Å². The Balaban J connectivity index is 1.78. The number of aromatic hydroxyl groups is 1. The number of aliphatic hydroxyl groups is 1. The fraction of sp³-hybridized carbons (Fsp3) is 0.375. The number of thiazole rings is 1. The van der Waals surface area contributed by atoms with E-state index in [0.29, 0.717) is 4.96 Å². The van der Waals surface area contributed by atoms with Gasteiger partial charge < -0.3 is 10.2 Å². The standard InChI is InChI=1S/C16H18N4O2S/c21-12-6-8-19(9-7-12)13(11-4-2-1-3-5-11)14-15(22)20-16(23-14)17-10-18-20/h1-5,10,12-13,21-22H,6-9H2/t13-/m0/s1. The Morgan fingerprint density at radius 3 is 2.61 bits per heavy atom. The molecule has 2 aromatic heterocycles. The van der Waals surface area contributed by atoms with Crippen LogP contribution < -0.4 is 0 Å². The lowest BCUT2D eigenvalue weighted by Crippen LogP contribution is -2.38. The molecule has 1 saturated heterocycles. The van der Waals surface area contributed by atoms with E-state index in [0.717, 1.165) is 36.4 Å². The topological polar surface area (TPSA) is 73.9 Å². The van der Waals surface area contributed by atoms with Crippen molar-refractivity contribution in [2.24, 2.45) is 0 Å². The number of hydrogen-bond acceptors (Lipinski definition) is 6. The zero-order valence-electron chi connectivity index (χ0n) is 12.5. The minimum atomic E-state index is -0.224. The third-order valence-electron chi connectivity index (χ3n) is 4.37. The van der Waals surface area contributed by atoms with E-state index in [2.05, 4.69) is 27.1 Å². The molecule has 0 amide bonds. The van der Waals surface area contributed by atoms with Gasteiger partial charge in [0.1, 0.15) is 6.33 Å². The van der Waals surface area contributed by atoms with Crippen molar-refractivity contribution >= 4 is 16.3 Å². The number of fused-ring (bicyclic) bond motifs is 1. The molecule has 0 saturated carbocycles. The van der Waals surface area contributed by atoms with Crippen molar-refractivity contribution in [3.63, 3.8) is 0 Å². The second kappa shape index (κ2) is 5.92. The lowest BCUT2D eigenvalue weighted by Gasteiger charge is -2.35. The monoisotopic (exact) mass is 330 g/mol. The molecule has 0 radical (unpaired) electrons. The molecule has 1 atom stereocenters. The van der Waals surface area contributed by atoms with Crippen LogP contribution in [0.2, 0.25) is 0 Å². The average molecular weight is 330 g/mol. The van der Waals surface area contributed by atoms with Gasteiger partial charge in [-0.3, -0.25) is 4.90 Å². The van der Waals surface area contributed by atoms with Gasteiger partial charge in [0.25, 0.3) is 0 Å². The van der Waals surface area contributed by atoms with Crippen molar-refractivity contribution in [3.05, 3.63) is 47.1 Å². The molecule has 120 valence electrons.